The topological polar surface area (TPSA) is 69.7 Å². The van der Waals surface area contributed by atoms with Gasteiger partial charge in [-0.1, -0.05) is 91.0 Å². The lowest BCUT2D eigenvalue weighted by atomic mass is 9.83. The van der Waals surface area contributed by atoms with E-state index in [1.165, 1.54) is 5.56 Å². The molecule has 0 bridgehead atoms. The molecule has 0 aromatic heterocycles. The minimum absolute atomic E-state index is 0.180. The Balaban J connectivity index is 1.27. The van der Waals surface area contributed by atoms with E-state index in [1.807, 2.05) is 66.7 Å². The average molecular weight is 482 g/mol. The minimum atomic E-state index is -1.23. The molecule has 3 aromatic carbocycles. The van der Waals surface area contributed by atoms with Crippen LogP contribution in [0, 0.1) is 5.92 Å². The molecule has 4 amide bonds. The quantitative estimate of drug-likeness (QED) is 0.516. The van der Waals surface area contributed by atoms with Crippen LogP contribution in [0.5, 0.6) is 0 Å². The van der Waals surface area contributed by atoms with E-state index in [0.29, 0.717) is 31.0 Å². The predicted molar refractivity (Wildman–Crippen MR) is 138 cm³/mol. The summed E-state index contributed by atoms with van der Waals surface area (Å²) in [5, 5.41) is 2.94. The summed E-state index contributed by atoms with van der Waals surface area (Å²) in [4.78, 5) is 42.9. The zero-order valence-electron chi connectivity index (χ0n) is 20.3. The van der Waals surface area contributed by atoms with Gasteiger partial charge in [0.2, 0.25) is 5.91 Å². The number of carbonyl (C=O) groups excluding carboxylic acids is 3. The Morgan fingerprint density at radius 3 is 1.97 bits per heavy atom. The highest BCUT2D eigenvalue weighted by Gasteiger charge is 2.53. The van der Waals surface area contributed by atoms with Gasteiger partial charge < -0.3 is 10.2 Å². The van der Waals surface area contributed by atoms with Crippen LogP contribution in [0.3, 0.4) is 0 Å². The van der Waals surface area contributed by atoms with Gasteiger partial charge >= 0.3 is 6.03 Å². The molecule has 3 aromatic rings. The van der Waals surface area contributed by atoms with Crippen LogP contribution in [-0.4, -0.2) is 47.3 Å². The maximum atomic E-state index is 13.8. The molecule has 6 nitrogen and oxygen atoms in total. The Labute approximate surface area is 211 Å². The first-order valence-corrected chi connectivity index (χ1v) is 12.6. The molecular formula is C30H31N3O3. The number of likely N-dealkylation sites (tertiary alicyclic amines) is 1. The molecule has 36 heavy (non-hydrogen) atoms. The van der Waals surface area contributed by atoms with Gasteiger partial charge in [0.1, 0.15) is 6.54 Å². The number of urea groups is 1. The minimum Gasteiger partial charge on any atom is -0.341 e. The van der Waals surface area contributed by atoms with Gasteiger partial charge in [-0.2, -0.15) is 0 Å². The molecule has 184 valence electrons. The Kier molecular flexibility index (Phi) is 6.85. The highest BCUT2D eigenvalue weighted by atomic mass is 16.2. The molecule has 0 saturated carbocycles. The summed E-state index contributed by atoms with van der Waals surface area (Å²) in [7, 11) is 0. The lowest BCUT2D eigenvalue weighted by Gasteiger charge is -2.33. The molecule has 1 N–H and O–H groups in total. The van der Waals surface area contributed by atoms with Crippen molar-refractivity contribution in [2.24, 2.45) is 5.92 Å². The van der Waals surface area contributed by atoms with Gasteiger partial charge in [0, 0.05) is 19.5 Å². The van der Waals surface area contributed by atoms with Gasteiger partial charge in [0.05, 0.1) is 0 Å². The molecule has 2 aliphatic rings. The Bertz CT molecular complexity index is 1210. The van der Waals surface area contributed by atoms with E-state index in [0.717, 1.165) is 29.7 Å². The van der Waals surface area contributed by atoms with E-state index < -0.39 is 11.6 Å². The van der Waals surface area contributed by atoms with E-state index in [9.17, 15) is 14.4 Å². The van der Waals surface area contributed by atoms with Crippen molar-refractivity contribution in [1.82, 2.24) is 15.1 Å². The number of carbonyl (C=O) groups is 3. The fourth-order valence-electron chi connectivity index (χ4n) is 5.38. The van der Waals surface area contributed by atoms with Crippen molar-refractivity contribution in [3.63, 3.8) is 0 Å². The first-order valence-electron chi connectivity index (χ1n) is 12.6. The van der Waals surface area contributed by atoms with E-state index in [1.54, 1.807) is 4.90 Å². The maximum absolute atomic E-state index is 13.8. The number of piperidine rings is 1. The van der Waals surface area contributed by atoms with Crippen LogP contribution < -0.4 is 5.32 Å². The van der Waals surface area contributed by atoms with Crippen molar-refractivity contribution in [2.45, 2.75) is 31.2 Å². The van der Waals surface area contributed by atoms with Crippen molar-refractivity contribution in [3.05, 3.63) is 108 Å². The van der Waals surface area contributed by atoms with Crippen molar-refractivity contribution in [1.29, 1.82) is 0 Å². The van der Waals surface area contributed by atoms with Crippen LogP contribution in [0.4, 0.5) is 4.79 Å². The SMILES string of the molecule is O=C(CN1C(=O)NC(Cc2ccccc2)(c2ccccc2)C1=O)N1CCC(Cc2ccccc2)CC1. The van der Waals surface area contributed by atoms with Gasteiger partial charge in [-0.05, 0) is 41.9 Å². The third-order valence-electron chi connectivity index (χ3n) is 7.38. The van der Waals surface area contributed by atoms with Crippen molar-refractivity contribution in [2.75, 3.05) is 19.6 Å². The third-order valence-corrected chi connectivity index (χ3v) is 7.38. The Morgan fingerprint density at radius 2 is 1.36 bits per heavy atom. The molecule has 2 aliphatic heterocycles. The van der Waals surface area contributed by atoms with Crippen molar-refractivity contribution < 1.29 is 14.4 Å². The van der Waals surface area contributed by atoms with Gasteiger partial charge in [-0.15, -0.1) is 0 Å². The normalized spacial score (nSPS) is 20.4. The molecular weight excluding hydrogens is 450 g/mol. The van der Waals surface area contributed by atoms with Crippen LogP contribution in [0.15, 0.2) is 91.0 Å². The van der Waals surface area contributed by atoms with Gasteiger partial charge in [0.25, 0.3) is 5.91 Å². The van der Waals surface area contributed by atoms with Gasteiger partial charge in [0.15, 0.2) is 5.54 Å². The fourth-order valence-corrected chi connectivity index (χ4v) is 5.38. The zero-order valence-corrected chi connectivity index (χ0v) is 20.3. The van der Waals surface area contributed by atoms with Crippen LogP contribution >= 0.6 is 0 Å². The van der Waals surface area contributed by atoms with E-state index in [-0.39, 0.29) is 18.4 Å². The first-order chi connectivity index (χ1) is 17.5. The number of rotatable bonds is 7. The summed E-state index contributed by atoms with van der Waals surface area (Å²) >= 11 is 0. The largest absolute Gasteiger partial charge is 0.341 e. The number of benzene rings is 3. The smallest absolute Gasteiger partial charge is 0.325 e. The lowest BCUT2D eigenvalue weighted by Crippen LogP contribution is -2.48. The monoisotopic (exact) mass is 481 g/mol. The highest BCUT2D eigenvalue weighted by molar-refractivity contribution is 6.09. The number of amides is 4. The summed E-state index contributed by atoms with van der Waals surface area (Å²) in [5.41, 5.74) is 1.73. The van der Waals surface area contributed by atoms with Gasteiger partial charge in [-0.3, -0.25) is 14.5 Å². The number of hydrogen-bond acceptors (Lipinski definition) is 3. The van der Waals surface area contributed by atoms with Crippen molar-refractivity contribution in [3.8, 4) is 0 Å². The van der Waals surface area contributed by atoms with Crippen LogP contribution in [-0.2, 0) is 28.0 Å². The standard InChI is InChI=1S/C30H31N3O3/c34-27(32-18-16-24(17-19-32)20-23-10-4-1-5-11-23)22-33-28(35)30(31-29(33)36,26-14-8-3-9-15-26)21-25-12-6-2-7-13-25/h1-15,24H,16-22H2,(H,31,36). The second-order valence-electron chi connectivity index (χ2n) is 9.77. The highest BCUT2D eigenvalue weighted by Crippen LogP contribution is 2.33. The molecule has 0 spiro atoms. The number of hydrogen-bond donors (Lipinski definition) is 1. The molecule has 0 radical (unpaired) electrons. The second kappa shape index (κ2) is 10.4. The lowest BCUT2D eigenvalue weighted by molar-refractivity contribution is -0.140. The van der Waals surface area contributed by atoms with Crippen LogP contribution in [0.1, 0.15) is 29.5 Å². The fraction of sp³-hybridized carbons (Fsp3) is 0.300. The van der Waals surface area contributed by atoms with E-state index in [2.05, 4.69) is 29.6 Å². The molecule has 2 saturated heterocycles. The average Bonchev–Trinajstić information content (AvgIpc) is 3.15. The number of nitrogens with one attached hydrogen (secondary N) is 1. The molecule has 1 atom stereocenters. The van der Waals surface area contributed by atoms with E-state index in [4.69, 9.17) is 0 Å². The Hall–Kier alpha value is -3.93. The van der Waals surface area contributed by atoms with Gasteiger partial charge in [-0.25, -0.2) is 4.79 Å². The molecule has 1 unspecified atom stereocenters. The molecule has 2 heterocycles. The summed E-state index contributed by atoms with van der Waals surface area (Å²) in [5.74, 6) is -0.0279. The Morgan fingerprint density at radius 1 is 0.806 bits per heavy atom. The summed E-state index contributed by atoms with van der Waals surface area (Å²) in [6.45, 7) is 1.05. The van der Waals surface area contributed by atoms with Crippen molar-refractivity contribution >= 4 is 17.8 Å². The summed E-state index contributed by atoms with van der Waals surface area (Å²) in [6.07, 6.45) is 3.17. The van der Waals surface area contributed by atoms with Crippen LogP contribution in [0.25, 0.3) is 0 Å². The van der Waals surface area contributed by atoms with Crippen LogP contribution in [0.2, 0.25) is 0 Å². The second-order valence-corrected chi connectivity index (χ2v) is 9.77. The number of nitrogens with zero attached hydrogens (tertiary/aromatic N) is 2. The zero-order chi connectivity index (χ0) is 25.0. The maximum Gasteiger partial charge on any atom is 0.325 e. The first kappa shape index (κ1) is 23.8. The molecule has 5 rings (SSSR count). The molecule has 2 fully saturated rings. The molecule has 6 heteroatoms. The molecule has 0 aliphatic carbocycles. The predicted octanol–water partition coefficient (Wildman–Crippen LogP) is 4.16. The third kappa shape index (κ3) is 4.89. The number of imide groups is 1. The summed E-state index contributed by atoms with van der Waals surface area (Å²) in [6, 6.07) is 28.8. The summed E-state index contributed by atoms with van der Waals surface area (Å²) < 4.78 is 0. The van der Waals surface area contributed by atoms with E-state index >= 15 is 0 Å².